The van der Waals surface area contributed by atoms with Gasteiger partial charge in [0, 0.05) is 25.3 Å². The van der Waals surface area contributed by atoms with Gasteiger partial charge in [-0.2, -0.15) is 0 Å². The van der Waals surface area contributed by atoms with Crippen molar-refractivity contribution < 1.29 is 5.11 Å². The van der Waals surface area contributed by atoms with Gasteiger partial charge < -0.3 is 15.3 Å². The van der Waals surface area contributed by atoms with Crippen LogP contribution in [0.25, 0.3) is 0 Å². The van der Waals surface area contributed by atoms with E-state index in [1.807, 2.05) is 6.20 Å². The van der Waals surface area contributed by atoms with E-state index in [1.165, 1.54) is 5.56 Å². The van der Waals surface area contributed by atoms with Crippen molar-refractivity contribution in [2.75, 3.05) is 24.5 Å². The molecule has 2 heterocycles. The molecule has 100 valence electrons. The van der Waals surface area contributed by atoms with Crippen LogP contribution in [0.3, 0.4) is 0 Å². The summed E-state index contributed by atoms with van der Waals surface area (Å²) in [6, 6.07) is 4.58. The van der Waals surface area contributed by atoms with Crippen molar-refractivity contribution in [1.82, 2.24) is 10.3 Å². The first-order valence-corrected chi connectivity index (χ1v) is 6.83. The number of anilines is 1. The molecular formula is C14H23N3O. The molecule has 4 nitrogen and oxygen atoms in total. The van der Waals surface area contributed by atoms with Crippen molar-refractivity contribution in [3.05, 3.63) is 23.9 Å². The molecule has 4 heteroatoms. The molecule has 0 radical (unpaired) electrons. The third kappa shape index (κ3) is 3.21. The number of hydrogen-bond donors (Lipinski definition) is 2. The highest BCUT2D eigenvalue weighted by atomic mass is 16.3. The van der Waals surface area contributed by atoms with Crippen LogP contribution in [0.2, 0.25) is 0 Å². The van der Waals surface area contributed by atoms with Crippen LogP contribution >= 0.6 is 0 Å². The molecule has 1 aromatic heterocycles. The maximum Gasteiger partial charge on any atom is 0.128 e. The van der Waals surface area contributed by atoms with Gasteiger partial charge in [-0.25, -0.2) is 4.98 Å². The van der Waals surface area contributed by atoms with Crippen LogP contribution in [-0.4, -0.2) is 35.8 Å². The zero-order valence-corrected chi connectivity index (χ0v) is 11.3. The van der Waals surface area contributed by atoms with Crippen molar-refractivity contribution in [2.24, 2.45) is 0 Å². The van der Waals surface area contributed by atoms with Gasteiger partial charge in [-0.3, -0.25) is 0 Å². The Hall–Kier alpha value is -1.13. The average Bonchev–Trinajstić information content (AvgIpc) is 2.40. The molecule has 18 heavy (non-hydrogen) atoms. The Morgan fingerprint density at radius 2 is 2.22 bits per heavy atom. The largest absolute Gasteiger partial charge is 0.393 e. The maximum atomic E-state index is 9.53. The van der Waals surface area contributed by atoms with Gasteiger partial charge in [0.05, 0.1) is 6.10 Å². The first kappa shape index (κ1) is 13.3. The standard InChI is InChI=1S/C14H23N3O/c1-3-15-11(2)12-4-7-16-14(10-12)17-8-5-13(18)6-9-17/h4,7,10-11,13,15,18H,3,5-6,8-9H2,1-2H3. The second kappa shape index (κ2) is 6.16. The summed E-state index contributed by atoms with van der Waals surface area (Å²) in [5, 5.41) is 12.9. The highest BCUT2D eigenvalue weighted by Gasteiger charge is 2.18. The summed E-state index contributed by atoms with van der Waals surface area (Å²) >= 11 is 0. The zero-order valence-electron chi connectivity index (χ0n) is 11.3. The molecule has 1 atom stereocenters. The molecule has 0 aromatic carbocycles. The summed E-state index contributed by atoms with van der Waals surface area (Å²) in [5.74, 6) is 1.03. The van der Waals surface area contributed by atoms with Crippen LogP contribution in [0, 0.1) is 0 Å². The normalized spacial score (nSPS) is 18.9. The summed E-state index contributed by atoms with van der Waals surface area (Å²) in [4.78, 5) is 6.71. The maximum absolute atomic E-state index is 9.53. The van der Waals surface area contributed by atoms with E-state index in [4.69, 9.17) is 0 Å². The Kier molecular flexibility index (Phi) is 4.55. The van der Waals surface area contributed by atoms with E-state index < -0.39 is 0 Å². The minimum atomic E-state index is -0.134. The van der Waals surface area contributed by atoms with E-state index in [0.29, 0.717) is 6.04 Å². The molecule has 2 N–H and O–H groups in total. The Labute approximate surface area is 109 Å². The summed E-state index contributed by atoms with van der Waals surface area (Å²) in [6.45, 7) is 7.04. The zero-order chi connectivity index (χ0) is 13.0. The molecule has 1 fully saturated rings. The van der Waals surface area contributed by atoms with Crippen molar-refractivity contribution >= 4 is 5.82 Å². The van der Waals surface area contributed by atoms with Gasteiger partial charge in [0.15, 0.2) is 0 Å². The number of pyridine rings is 1. The second-order valence-electron chi connectivity index (χ2n) is 4.94. The van der Waals surface area contributed by atoms with E-state index in [-0.39, 0.29) is 6.10 Å². The number of piperidine rings is 1. The van der Waals surface area contributed by atoms with Crippen molar-refractivity contribution in [3.8, 4) is 0 Å². The third-order valence-corrected chi connectivity index (χ3v) is 3.57. The smallest absolute Gasteiger partial charge is 0.128 e. The van der Waals surface area contributed by atoms with Gasteiger partial charge >= 0.3 is 0 Å². The molecule has 2 rings (SSSR count). The fraction of sp³-hybridized carbons (Fsp3) is 0.643. The van der Waals surface area contributed by atoms with Crippen LogP contribution in [0.4, 0.5) is 5.82 Å². The Morgan fingerprint density at radius 3 is 2.89 bits per heavy atom. The van der Waals surface area contributed by atoms with E-state index >= 15 is 0 Å². The molecule has 0 amide bonds. The highest BCUT2D eigenvalue weighted by molar-refractivity contribution is 5.42. The van der Waals surface area contributed by atoms with Crippen LogP contribution in [0.5, 0.6) is 0 Å². The molecule has 0 aliphatic carbocycles. The van der Waals surface area contributed by atoms with Gasteiger partial charge in [0.1, 0.15) is 5.82 Å². The minimum Gasteiger partial charge on any atom is -0.393 e. The Bertz CT molecular complexity index is 375. The van der Waals surface area contributed by atoms with Crippen LogP contribution < -0.4 is 10.2 Å². The topological polar surface area (TPSA) is 48.4 Å². The predicted octanol–water partition coefficient (Wildman–Crippen LogP) is 1.71. The fourth-order valence-electron chi connectivity index (χ4n) is 2.40. The highest BCUT2D eigenvalue weighted by Crippen LogP contribution is 2.21. The third-order valence-electron chi connectivity index (χ3n) is 3.57. The molecule has 0 bridgehead atoms. The monoisotopic (exact) mass is 249 g/mol. The number of aliphatic hydroxyl groups excluding tert-OH is 1. The summed E-state index contributed by atoms with van der Waals surface area (Å²) in [5.41, 5.74) is 1.27. The second-order valence-corrected chi connectivity index (χ2v) is 4.94. The van der Waals surface area contributed by atoms with Gasteiger partial charge in [0.2, 0.25) is 0 Å². The molecule has 1 aliphatic rings. The van der Waals surface area contributed by atoms with Crippen molar-refractivity contribution in [1.29, 1.82) is 0 Å². The number of nitrogens with one attached hydrogen (secondary N) is 1. The lowest BCUT2D eigenvalue weighted by Crippen LogP contribution is -2.36. The van der Waals surface area contributed by atoms with Gasteiger partial charge in [-0.1, -0.05) is 6.92 Å². The summed E-state index contributed by atoms with van der Waals surface area (Å²) < 4.78 is 0. The molecular weight excluding hydrogens is 226 g/mol. The Balaban J connectivity index is 2.07. The van der Waals surface area contributed by atoms with Gasteiger partial charge in [0.25, 0.3) is 0 Å². The molecule has 0 saturated carbocycles. The lowest BCUT2D eigenvalue weighted by atomic mass is 10.1. The number of aliphatic hydroxyl groups is 1. The van der Waals surface area contributed by atoms with Crippen LogP contribution in [0.1, 0.15) is 38.3 Å². The lowest BCUT2D eigenvalue weighted by molar-refractivity contribution is 0.145. The minimum absolute atomic E-state index is 0.134. The quantitative estimate of drug-likeness (QED) is 0.853. The van der Waals surface area contributed by atoms with Crippen LogP contribution in [0.15, 0.2) is 18.3 Å². The molecule has 1 aromatic rings. The first-order valence-electron chi connectivity index (χ1n) is 6.83. The number of hydrogen-bond acceptors (Lipinski definition) is 4. The molecule has 0 spiro atoms. The lowest BCUT2D eigenvalue weighted by Gasteiger charge is -2.31. The van der Waals surface area contributed by atoms with Crippen LogP contribution in [-0.2, 0) is 0 Å². The first-order chi connectivity index (χ1) is 8.70. The predicted molar refractivity (Wildman–Crippen MR) is 73.8 cm³/mol. The Morgan fingerprint density at radius 1 is 1.50 bits per heavy atom. The van der Waals surface area contributed by atoms with E-state index in [9.17, 15) is 5.11 Å². The summed E-state index contributed by atoms with van der Waals surface area (Å²) in [6.07, 6.45) is 3.43. The van der Waals surface area contributed by atoms with E-state index in [0.717, 1.165) is 38.3 Å². The van der Waals surface area contributed by atoms with Crippen molar-refractivity contribution in [2.45, 2.75) is 38.8 Å². The average molecular weight is 249 g/mol. The number of rotatable bonds is 4. The van der Waals surface area contributed by atoms with Gasteiger partial charge in [-0.15, -0.1) is 0 Å². The molecule has 1 unspecified atom stereocenters. The SMILES string of the molecule is CCNC(C)c1ccnc(N2CCC(O)CC2)c1. The molecule has 1 saturated heterocycles. The van der Waals surface area contributed by atoms with E-state index in [2.05, 4.69) is 41.2 Å². The summed E-state index contributed by atoms with van der Waals surface area (Å²) in [7, 11) is 0. The van der Waals surface area contributed by atoms with Gasteiger partial charge in [-0.05, 0) is 44.0 Å². The number of aromatic nitrogens is 1. The van der Waals surface area contributed by atoms with Crippen molar-refractivity contribution in [3.63, 3.8) is 0 Å². The fourth-order valence-corrected chi connectivity index (χ4v) is 2.40. The number of nitrogens with zero attached hydrogens (tertiary/aromatic N) is 2. The van der Waals surface area contributed by atoms with E-state index in [1.54, 1.807) is 0 Å². The molecule has 1 aliphatic heterocycles.